The molecule has 1 amide bonds. The summed E-state index contributed by atoms with van der Waals surface area (Å²) in [5.74, 6) is -0.274. The second-order valence-electron chi connectivity index (χ2n) is 9.17. The molecular weight excluding hydrogens is 484 g/mol. The van der Waals surface area contributed by atoms with Gasteiger partial charge in [-0.15, -0.1) is 0 Å². The highest BCUT2D eigenvalue weighted by atomic mass is 32.2. The minimum atomic E-state index is -0.448. The van der Waals surface area contributed by atoms with E-state index in [2.05, 4.69) is 11.8 Å². The number of ether oxygens (including phenoxy) is 3. The molecule has 10 heteroatoms. The van der Waals surface area contributed by atoms with Crippen molar-refractivity contribution in [1.29, 1.82) is 0 Å². The molecule has 36 heavy (non-hydrogen) atoms. The van der Waals surface area contributed by atoms with Gasteiger partial charge in [-0.25, -0.2) is 0 Å². The van der Waals surface area contributed by atoms with Crippen LogP contribution >= 0.6 is 11.8 Å². The highest BCUT2D eigenvalue weighted by Gasteiger charge is 2.18. The molecule has 0 saturated carbocycles. The number of carbonyl (C=O) groups excluding carboxylic acids is 4. The summed E-state index contributed by atoms with van der Waals surface area (Å²) >= 11 is 1.20. The first kappa shape index (κ1) is 34.4. The first-order valence-corrected chi connectivity index (χ1v) is 14.1. The van der Waals surface area contributed by atoms with Crippen LogP contribution in [0.5, 0.6) is 0 Å². The summed E-state index contributed by atoms with van der Waals surface area (Å²) in [4.78, 5) is 51.1. The van der Waals surface area contributed by atoms with Gasteiger partial charge in [-0.1, -0.05) is 50.8 Å². The summed E-state index contributed by atoms with van der Waals surface area (Å²) in [6.45, 7) is 4.02. The molecule has 0 aromatic rings. The van der Waals surface area contributed by atoms with Crippen molar-refractivity contribution in [3.8, 4) is 0 Å². The van der Waals surface area contributed by atoms with Crippen molar-refractivity contribution in [3.63, 3.8) is 0 Å². The fourth-order valence-electron chi connectivity index (χ4n) is 3.36. The maximum absolute atomic E-state index is 12.5. The van der Waals surface area contributed by atoms with Gasteiger partial charge in [0.05, 0.1) is 32.2 Å². The number of methoxy groups -OCH3 is 1. The van der Waals surface area contributed by atoms with E-state index >= 15 is 0 Å². The molecule has 0 bridgehead atoms. The zero-order chi connectivity index (χ0) is 27.0. The Labute approximate surface area is 221 Å². The maximum atomic E-state index is 12.5. The molecule has 0 N–H and O–H groups in total. The molecule has 0 saturated heterocycles. The Morgan fingerprint density at radius 2 is 1.47 bits per heavy atom. The monoisotopic (exact) mass is 532 g/mol. The summed E-state index contributed by atoms with van der Waals surface area (Å²) in [5.41, 5.74) is 0. The summed E-state index contributed by atoms with van der Waals surface area (Å²) < 4.78 is 15.9. The van der Waals surface area contributed by atoms with Gasteiger partial charge in [-0.2, -0.15) is 0 Å². The second kappa shape index (κ2) is 23.7. The predicted molar refractivity (Wildman–Crippen MR) is 143 cm³/mol. The van der Waals surface area contributed by atoms with Crippen LogP contribution < -0.4 is 0 Å². The van der Waals surface area contributed by atoms with E-state index in [4.69, 9.17) is 14.2 Å². The second-order valence-corrected chi connectivity index (χ2v) is 10.2. The molecule has 0 radical (unpaired) electrons. The van der Waals surface area contributed by atoms with Gasteiger partial charge in [-0.3, -0.25) is 14.4 Å². The molecule has 0 aromatic carbocycles. The van der Waals surface area contributed by atoms with Gasteiger partial charge in [-0.05, 0) is 33.5 Å². The van der Waals surface area contributed by atoms with Gasteiger partial charge in [0.15, 0.2) is 0 Å². The molecule has 210 valence electrons. The third-order valence-electron chi connectivity index (χ3n) is 5.43. The van der Waals surface area contributed by atoms with Crippen molar-refractivity contribution >= 4 is 35.2 Å². The number of hydrogen-bond donors (Lipinski definition) is 0. The summed E-state index contributed by atoms with van der Waals surface area (Å²) in [6, 6.07) is 0. The zero-order valence-corrected chi connectivity index (χ0v) is 23.7. The molecule has 0 spiro atoms. The lowest BCUT2D eigenvalue weighted by atomic mass is 10.1. The number of carbonyl (C=O) groups is 4. The number of unbranched alkanes of at least 4 members (excludes halogenated alkanes) is 5. The maximum Gasteiger partial charge on any atom is 0.307 e. The van der Waals surface area contributed by atoms with E-state index < -0.39 is 5.97 Å². The van der Waals surface area contributed by atoms with Gasteiger partial charge in [0.2, 0.25) is 0 Å². The number of hydrogen-bond acceptors (Lipinski definition) is 9. The fourth-order valence-corrected chi connectivity index (χ4v) is 4.17. The van der Waals surface area contributed by atoms with Crippen molar-refractivity contribution in [1.82, 2.24) is 9.80 Å². The van der Waals surface area contributed by atoms with Gasteiger partial charge in [0, 0.05) is 38.8 Å². The van der Waals surface area contributed by atoms with Crippen molar-refractivity contribution in [2.45, 2.75) is 71.1 Å². The first-order valence-electron chi connectivity index (χ1n) is 13.1. The molecular formula is C26H48N2O7S. The van der Waals surface area contributed by atoms with Crippen LogP contribution in [0.4, 0.5) is 4.79 Å². The third-order valence-corrected chi connectivity index (χ3v) is 6.43. The molecule has 0 heterocycles. The highest BCUT2D eigenvalue weighted by Crippen LogP contribution is 2.12. The Morgan fingerprint density at radius 1 is 0.833 bits per heavy atom. The third kappa shape index (κ3) is 20.5. The number of aldehydes is 1. The zero-order valence-electron chi connectivity index (χ0n) is 22.8. The molecule has 0 aromatic heterocycles. The van der Waals surface area contributed by atoms with Crippen LogP contribution in [-0.4, -0.2) is 99.7 Å². The smallest absolute Gasteiger partial charge is 0.307 e. The van der Waals surface area contributed by atoms with Gasteiger partial charge < -0.3 is 28.8 Å². The topological polar surface area (TPSA) is 102 Å². The molecule has 1 atom stereocenters. The van der Waals surface area contributed by atoms with Crippen molar-refractivity contribution in [2.75, 3.05) is 66.4 Å². The molecule has 0 rings (SSSR count). The normalized spacial score (nSPS) is 11.8. The van der Waals surface area contributed by atoms with E-state index in [-0.39, 0.29) is 56.3 Å². The van der Waals surface area contributed by atoms with Crippen LogP contribution in [0, 0.1) is 5.92 Å². The number of rotatable bonds is 23. The predicted octanol–water partition coefficient (Wildman–Crippen LogP) is 4.17. The van der Waals surface area contributed by atoms with Crippen LogP contribution in [0.1, 0.15) is 71.1 Å². The summed E-state index contributed by atoms with van der Waals surface area (Å²) in [7, 11) is 5.50. The Bertz CT molecular complexity index is 605. The number of nitrogens with zero attached hydrogens (tertiary/aromatic N) is 2. The van der Waals surface area contributed by atoms with E-state index in [0.717, 1.165) is 38.5 Å². The highest BCUT2D eigenvalue weighted by molar-refractivity contribution is 8.13. The summed E-state index contributed by atoms with van der Waals surface area (Å²) in [5, 5.41) is -0.141. The van der Waals surface area contributed by atoms with Crippen LogP contribution in [0.15, 0.2) is 0 Å². The van der Waals surface area contributed by atoms with E-state index in [1.165, 1.54) is 35.9 Å². The molecule has 0 aliphatic carbocycles. The Hall–Kier alpha value is -1.65. The lowest BCUT2D eigenvalue weighted by Crippen LogP contribution is -2.32. The van der Waals surface area contributed by atoms with Gasteiger partial charge in [0.25, 0.3) is 5.24 Å². The van der Waals surface area contributed by atoms with E-state index in [1.54, 1.807) is 7.11 Å². The minimum absolute atomic E-state index is 0.0282. The Morgan fingerprint density at radius 3 is 2.08 bits per heavy atom. The van der Waals surface area contributed by atoms with Crippen molar-refractivity contribution in [3.05, 3.63) is 0 Å². The van der Waals surface area contributed by atoms with E-state index in [0.29, 0.717) is 18.8 Å². The Balaban J connectivity index is 4.34. The van der Waals surface area contributed by atoms with Crippen molar-refractivity contribution in [2.24, 2.45) is 5.92 Å². The average molecular weight is 533 g/mol. The largest absolute Gasteiger partial charge is 0.465 e. The van der Waals surface area contributed by atoms with Crippen LogP contribution in [0.2, 0.25) is 0 Å². The van der Waals surface area contributed by atoms with Crippen LogP contribution in [0.25, 0.3) is 0 Å². The SMILES string of the molecule is CCCCCCCCC(=O)OCC(COC)COC(=O)CCN(CCC=O)C(=O)SCCCN(C)C. The molecule has 0 aliphatic rings. The lowest BCUT2D eigenvalue weighted by molar-refractivity contribution is -0.150. The van der Waals surface area contributed by atoms with E-state index in [1.807, 2.05) is 14.1 Å². The molecule has 0 aliphatic heterocycles. The molecule has 1 unspecified atom stereocenters. The first-order chi connectivity index (χ1) is 17.3. The average Bonchev–Trinajstić information content (AvgIpc) is 2.85. The van der Waals surface area contributed by atoms with Crippen LogP contribution in [-0.2, 0) is 28.6 Å². The van der Waals surface area contributed by atoms with Crippen LogP contribution in [0.3, 0.4) is 0 Å². The van der Waals surface area contributed by atoms with E-state index in [9.17, 15) is 19.2 Å². The molecule has 9 nitrogen and oxygen atoms in total. The minimum Gasteiger partial charge on any atom is -0.465 e. The lowest BCUT2D eigenvalue weighted by Gasteiger charge is -2.21. The van der Waals surface area contributed by atoms with Gasteiger partial charge >= 0.3 is 11.9 Å². The number of esters is 2. The quantitative estimate of drug-likeness (QED) is 0.109. The van der Waals surface area contributed by atoms with Gasteiger partial charge in [0.1, 0.15) is 6.29 Å². The summed E-state index contributed by atoms with van der Waals surface area (Å²) in [6.07, 6.45) is 8.88. The Kier molecular flexibility index (Phi) is 22.6. The fraction of sp³-hybridized carbons (Fsp3) is 0.846. The number of amides is 1. The number of thioether (sulfide) groups is 1. The standard InChI is InChI=1S/C26H48N2O7S/c1-5-6-7-8-9-10-13-24(30)34-21-23(20-33-4)22-35-25(31)14-17-28(16-11-18-29)26(32)36-19-12-15-27(2)3/h18,23H,5-17,19-22H2,1-4H3. The molecule has 0 fully saturated rings. The van der Waals surface area contributed by atoms with Crippen molar-refractivity contribution < 1.29 is 33.4 Å².